The molecular formula is C31H54ClN3O5. The van der Waals surface area contributed by atoms with Crippen LogP contribution in [-0.2, 0) is 9.53 Å². The van der Waals surface area contributed by atoms with Crippen LogP contribution in [0.4, 0.5) is 0 Å². The third kappa shape index (κ3) is 11.6. The molecule has 40 heavy (non-hydrogen) atoms. The Morgan fingerprint density at radius 3 is 2.35 bits per heavy atom. The van der Waals surface area contributed by atoms with Crippen LogP contribution >= 0.6 is 12.4 Å². The molecule has 0 radical (unpaired) electrons. The smallest absolute Gasteiger partial charge is 0.255 e. The molecular weight excluding hydrogens is 530 g/mol. The quantitative estimate of drug-likeness (QED) is 0.197. The van der Waals surface area contributed by atoms with E-state index in [9.17, 15) is 14.7 Å². The number of benzene rings is 1. The maximum absolute atomic E-state index is 13.0. The Balaban J connectivity index is 0.00000800. The average molecular weight is 584 g/mol. The van der Waals surface area contributed by atoms with E-state index >= 15 is 0 Å². The van der Waals surface area contributed by atoms with Crippen molar-refractivity contribution in [2.75, 3.05) is 33.4 Å². The lowest BCUT2D eigenvalue weighted by Crippen LogP contribution is -2.49. The molecule has 1 aromatic rings. The van der Waals surface area contributed by atoms with Gasteiger partial charge in [0.05, 0.1) is 18.3 Å². The summed E-state index contributed by atoms with van der Waals surface area (Å²) in [7, 11) is 1.68. The molecule has 1 aliphatic rings. The van der Waals surface area contributed by atoms with Crippen molar-refractivity contribution in [2.24, 2.45) is 28.9 Å². The Morgan fingerprint density at radius 1 is 1.05 bits per heavy atom. The van der Waals surface area contributed by atoms with Crippen molar-refractivity contribution in [3.63, 3.8) is 0 Å². The average Bonchev–Trinajstić information content (AvgIpc) is 2.93. The molecule has 0 heterocycles. The molecule has 1 aromatic carbocycles. The van der Waals surface area contributed by atoms with Gasteiger partial charge in [-0.05, 0) is 62.0 Å². The number of amides is 2. The highest BCUT2D eigenvalue weighted by atomic mass is 35.5. The summed E-state index contributed by atoms with van der Waals surface area (Å²) < 4.78 is 10.9. The number of ether oxygens (including phenoxy) is 2. The number of carbonyl (C=O) groups excluding carboxylic acids is 2. The van der Waals surface area contributed by atoms with Gasteiger partial charge in [0.1, 0.15) is 5.75 Å². The fourth-order valence-electron chi connectivity index (χ4n) is 5.31. The predicted molar refractivity (Wildman–Crippen MR) is 163 cm³/mol. The summed E-state index contributed by atoms with van der Waals surface area (Å²) in [6.45, 7) is 9.94. The summed E-state index contributed by atoms with van der Waals surface area (Å²) in [4.78, 5) is 26.0. The van der Waals surface area contributed by atoms with Crippen molar-refractivity contribution in [2.45, 2.75) is 91.2 Å². The van der Waals surface area contributed by atoms with Gasteiger partial charge in [0, 0.05) is 38.3 Å². The highest BCUT2D eigenvalue weighted by Crippen LogP contribution is 2.38. The van der Waals surface area contributed by atoms with Gasteiger partial charge in [0.25, 0.3) is 5.91 Å². The van der Waals surface area contributed by atoms with Gasteiger partial charge in [0.2, 0.25) is 5.91 Å². The van der Waals surface area contributed by atoms with E-state index in [4.69, 9.17) is 15.2 Å². The van der Waals surface area contributed by atoms with Gasteiger partial charge >= 0.3 is 0 Å². The predicted octanol–water partition coefficient (Wildman–Crippen LogP) is 4.72. The van der Waals surface area contributed by atoms with Crippen molar-refractivity contribution < 1.29 is 24.2 Å². The molecule has 2 amide bonds. The first-order valence-corrected chi connectivity index (χ1v) is 14.8. The molecule has 1 aliphatic carbocycles. The largest absolute Gasteiger partial charge is 0.493 e. The number of nitrogens with one attached hydrogen (secondary N) is 2. The molecule has 0 spiro atoms. The number of carbonyl (C=O) groups is 2. The van der Waals surface area contributed by atoms with Gasteiger partial charge in [0.15, 0.2) is 0 Å². The lowest BCUT2D eigenvalue weighted by molar-refractivity contribution is -0.133. The van der Waals surface area contributed by atoms with Crippen molar-refractivity contribution in [3.05, 3.63) is 29.8 Å². The molecule has 0 bridgehead atoms. The number of hydrogen-bond donors (Lipinski definition) is 4. The summed E-state index contributed by atoms with van der Waals surface area (Å²) in [5.74, 6) is 1.03. The van der Waals surface area contributed by atoms with Crippen LogP contribution in [-0.4, -0.2) is 62.5 Å². The van der Waals surface area contributed by atoms with Crippen molar-refractivity contribution in [1.29, 1.82) is 0 Å². The standard InChI is InChI=1S/C31H53N3O5.ClH/c1-22(2)23(20-33-29(36)25-15-9-10-16-28(25)39-18-12-11-17-38-5)19-26(32)27(35)21-34-30(37)31(3,4)24-13-7-6-8-14-24;/h9-10,15-16,22-24,26-27,35H,6-8,11-14,17-21,32H2,1-5H3,(H,33,36)(H,34,37);1H. The lowest BCUT2D eigenvalue weighted by atomic mass is 9.70. The molecule has 2 rings (SSSR count). The number of nitrogens with two attached hydrogens (primary N) is 1. The van der Waals surface area contributed by atoms with Crippen molar-refractivity contribution in [1.82, 2.24) is 10.6 Å². The molecule has 8 nitrogen and oxygen atoms in total. The number of methoxy groups -OCH3 is 1. The highest BCUT2D eigenvalue weighted by molar-refractivity contribution is 5.96. The van der Waals surface area contributed by atoms with Crippen LogP contribution in [0.25, 0.3) is 0 Å². The van der Waals surface area contributed by atoms with Gasteiger partial charge in [-0.15, -0.1) is 12.4 Å². The zero-order valence-corrected chi connectivity index (χ0v) is 26.1. The number of aliphatic hydroxyl groups excluding tert-OH is 1. The van der Waals surface area contributed by atoms with E-state index in [2.05, 4.69) is 24.5 Å². The third-order valence-corrected chi connectivity index (χ3v) is 8.35. The maximum Gasteiger partial charge on any atom is 0.255 e. The molecule has 9 heteroatoms. The van der Waals surface area contributed by atoms with Gasteiger partial charge in [-0.1, -0.05) is 59.1 Å². The van der Waals surface area contributed by atoms with Gasteiger partial charge < -0.3 is 30.9 Å². The second-order valence-corrected chi connectivity index (χ2v) is 12.0. The highest BCUT2D eigenvalue weighted by Gasteiger charge is 2.37. The summed E-state index contributed by atoms with van der Waals surface area (Å²) >= 11 is 0. The van der Waals surface area contributed by atoms with Crippen LogP contribution in [0.3, 0.4) is 0 Å². The monoisotopic (exact) mass is 583 g/mol. The summed E-state index contributed by atoms with van der Waals surface area (Å²) in [5.41, 5.74) is 6.42. The normalized spacial score (nSPS) is 16.5. The Labute approximate surface area is 247 Å². The molecule has 1 saturated carbocycles. The van der Waals surface area contributed by atoms with Crippen LogP contribution in [0.5, 0.6) is 5.75 Å². The minimum absolute atomic E-state index is 0. The summed E-state index contributed by atoms with van der Waals surface area (Å²) in [6, 6.07) is 6.73. The fourth-order valence-corrected chi connectivity index (χ4v) is 5.31. The van der Waals surface area contributed by atoms with Gasteiger partial charge in [-0.3, -0.25) is 9.59 Å². The summed E-state index contributed by atoms with van der Waals surface area (Å²) in [6.07, 6.45) is 7.16. The van der Waals surface area contributed by atoms with Gasteiger partial charge in [-0.2, -0.15) is 0 Å². The minimum atomic E-state index is -0.861. The van der Waals surface area contributed by atoms with E-state index in [1.807, 2.05) is 26.0 Å². The zero-order chi connectivity index (χ0) is 28.8. The number of unbranched alkanes of at least 4 members (excludes halogenated alkanes) is 1. The van der Waals surface area contributed by atoms with E-state index < -0.39 is 17.6 Å². The van der Waals surface area contributed by atoms with E-state index in [1.165, 1.54) is 19.3 Å². The van der Waals surface area contributed by atoms with E-state index in [0.29, 0.717) is 43.4 Å². The molecule has 0 saturated heterocycles. The summed E-state index contributed by atoms with van der Waals surface area (Å²) in [5, 5.41) is 16.7. The van der Waals surface area contributed by atoms with Crippen LogP contribution in [0.1, 0.15) is 89.4 Å². The number of para-hydroxylation sites is 1. The Morgan fingerprint density at radius 2 is 1.70 bits per heavy atom. The van der Waals surface area contributed by atoms with Crippen LogP contribution in [0.2, 0.25) is 0 Å². The minimum Gasteiger partial charge on any atom is -0.493 e. The molecule has 5 N–H and O–H groups in total. The van der Waals surface area contributed by atoms with Crippen molar-refractivity contribution in [3.8, 4) is 5.75 Å². The number of hydrogen-bond acceptors (Lipinski definition) is 6. The number of aliphatic hydroxyl groups is 1. The molecule has 0 aliphatic heterocycles. The van der Waals surface area contributed by atoms with E-state index in [-0.39, 0.29) is 42.6 Å². The van der Waals surface area contributed by atoms with E-state index in [0.717, 1.165) is 25.7 Å². The molecule has 0 aromatic heterocycles. The number of halogens is 1. The molecule has 3 atom stereocenters. The zero-order valence-electron chi connectivity index (χ0n) is 25.2. The fraction of sp³-hybridized carbons (Fsp3) is 0.742. The first-order chi connectivity index (χ1) is 18.6. The number of rotatable bonds is 17. The third-order valence-electron chi connectivity index (χ3n) is 8.35. The Kier molecular flexibility index (Phi) is 16.8. The molecule has 1 fully saturated rings. The molecule has 230 valence electrons. The Hall–Kier alpha value is -1.87. The van der Waals surface area contributed by atoms with Crippen LogP contribution < -0.4 is 21.1 Å². The maximum atomic E-state index is 13.0. The van der Waals surface area contributed by atoms with Crippen LogP contribution in [0, 0.1) is 23.2 Å². The SMILES string of the molecule is COCCCCOc1ccccc1C(=O)NCC(CC(N)C(O)CNC(=O)C(C)(C)C1CCCCC1)C(C)C.Cl. The van der Waals surface area contributed by atoms with Gasteiger partial charge in [-0.25, -0.2) is 0 Å². The second kappa shape index (κ2) is 18.5. The van der Waals surface area contributed by atoms with Crippen molar-refractivity contribution >= 4 is 24.2 Å². The second-order valence-electron chi connectivity index (χ2n) is 12.0. The molecule has 3 unspecified atom stereocenters. The van der Waals surface area contributed by atoms with Crippen LogP contribution in [0.15, 0.2) is 24.3 Å². The van der Waals surface area contributed by atoms with E-state index in [1.54, 1.807) is 19.2 Å². The first kappa shape index (κ1) is 36.2. The Bertz CT molecular complexity index is 876. The topological polar surface area (TPSA) is 123 Å². The lowest BCUT2D eigenvalue weighted by Gasteiger charge is -2.36. The first-order valence-electron chi connectivity index (χ1n) is 14.8.